The molecule has 7 heteroatoms. The van der Waals surface area contributed by atoms with Crippen molar-refractivity contribution in [1.82, 2.24) is 15.1 Å². The van der Waals surface area contributed by atoms with Crippen LogP contribution in [0, 0.1) is 11.3 Å². The molecular weight excluding hydrogens is 344 g/mol. The standard InChI is InChI=1S/C17H21ClN4OS/c18-15-5-2-1-4-14(15)6-7-16(23)20-17(24)22-12-10-21(11-13-22)9-3-8-19/h1-2,4-5H,3,6-7,9-13H2,(H,20,23,24). The SMILES string of the molecule is N#CCCN1CCN(C(=S)NC(=O)CCc2ccccc2Cl)CC1. The maximum Gasteiger partial charge on any atom is 0.226 e. The summed E-state index contributed by atoms with van der Waals surface area (Å²) in [5, 5.41) is 12.6. The van der Waals surface area contributed by atoms with E-state index in [-0.39, 0.29) is 5.91 Å². The Kier molecular flexibility index (Phi) is 7.44. The van der Waals surface area contributed by atoms with E-state index in [9.17, 15) is 4.79 Å². The molecule has 5 nitrogen and oxygen atoms in total. The summed E-state index contributed by atoms with van der Waals surface area (Å²) in [7, 11) is 0. The van der Waals surface area contributed by atoms with E-state index in [0.29, 0.717) is 29.4 Å². The molecule has 1 aliphatic heterocycles. The minimum atomic E-state index is -0.0909. The zero-order valence-electron chi connectivity index (χ0n) is 13.5. The summed E-state index contributed by atoms with van der Waals surface area (Å²) >= 11 is 11.4. The van der Waals surface area contributed by atoms with Crippen LogP contribution in [0.3, 0.4) is 0 Å². The van der Waals surface area contributed by atoms with Crippen molar-refractivity contribution in [2.45, 2.75) is 19.3 Å². The van der Waals surface area contributed by atoms with E-state index < -0.39 is 0 Å². The highest BCUT2D eigenvalue weighted by molar-refractivity contribution is 7.80. The van der Waals surface area contributed by atoms with Gasteiger partial charge >= 0.3 is 0 Å². The van der Waals surface area contributed by atoms with Crippen molar-refractivity contribution < 1.29 is 4.79 Å². The molecule has 0 bridgehead atoms. The molecule has 1 amide bonds. The average Bonchev–Trinajstić information content (AvgIpc) is 2.59. The third kappa shape index (κ3) is 5.75. The fourth-order valence-corrected chi connectivity index (χ4v) is 3.12. The van der Waals surface area contributed by atoms with E-state index >= 15 is 0 Å². The number of aryl methyl sites for hydroxylation is 1. The number of thiocarbonyl (C=S) groups is 1. The molecular formula is C17H21ClN4OS. The molecule has 0 aromatic heterocycles. The minimum Gasteiger partial charge on any atom is -0.346 e. The molecule has 1 N–H and O–H groups in total. The topological polar surface area (TPSA) is 59.4 Å². The summed E-state index contributed by atoms with van der Waals surface area (Å²) in [6.45, 7) is 4.06. The molecule has 1 aromatic rings. The van der Waals surface area contributed by atoms with Crippen LogP contribution < -0.4 is 5.32 Å². The van der Waals surface area contributed by atoms with Gasteiger partial charge in [-0.1, -0.05) is 29.8 Å². The molecule has 1 fully saturated rings. The number of nitriles is 1. The van der Waals surface area contributed by atoms with Gasteiger partial charge in [-0.2, -0.15) is 5.26 Å². The van der Waals surface area contributed by atoms with Crippen LogP contribution in [0.4, 0.5) is 0 Å². The van der Waals surface area contributed by atoms with Crippen LogP contribution in [0.25, 0.3) is 0 Å². The molecule has 0 saturated carbocycles. The third-order valence-corrected chi connectivity index (χ3v) is 4.75. The second-order valence-electron chi connectivity index (χ2n) is 5.68. The van der Waals surface area contributed by atoms with Crippen LogP contribution in [0.1, 0.15) is 18.4 Å². The maximum atomic E-state index is 12.1. The van der Waals surface area contributed by atoms with Crippen molar-refractivity contribution in [2.24, 2.45) is 0 Å². The first kappa shape index (κ1) is 18.7. The number of halogens is 1. The van der Waals surface area contributed by atoms with E-state index in [2.05, 4.69) is 16.3 Å². The highest BCUT2D eigenvalue weighted by Crippen LogP contribution is 2.16. The molecule has 128 valence electrons. The Morgan fingerprint density at radius 2 is 2.00 bits per heavy atom. The van der Waals surface area contributed by atoms with Crippen LogP contribution in [0.15, 0.2) is 24.3 Å². The van der Waals surface area contributed by atoms with E-state index in [4.69, 9.17) is 29.1 Å². The van der Waals surface area contributed by atoms with Crippen molar-refractivity contribution in [1.29, 1.82) is 5.26 Å². The molecule has 1 saturated heterocycles. The van der Waals surface area contributed by atoms with Crippen LogP contribution in [0.5, 0.6) is 0 Å². The van der Waals surface area contributed by atoms with Gasteiger partial charge in [0.1, 0.15) is 0 Å². The zero-order valence-corrected chi connectivity index (χ0v) is 15.1. The lowest BCUT2D eigenvalue weighted by atomic mass is 10.1. The van der Waals surface area contributed by atoms with E-state index in [1.165, 1.54) is 0 Å². The largest absolute Gasteiger partial charge is 0.346 e. The van der Waals surface area contributed by atoms with Crippen LogP contribution in [-0.2, 0) is 11.2 Å². The van der Waals surface area contributed by atoms with Gasteiger partial charge in [0.25, 0.3) is 0 Å². The van der Waals surface area contributed by atoms with Crippen LogP contribution >= 0.6 is 23.8 Å². The Bertz CT molecular complexity index is 623. The second kappa shape index (κ2) is 9.58. The lowest BCUT2D eigenvalue weighted by Gasteiger charge is -2.35. The van der Waals surface area contributed by atoms with Crippen LogP contribution in [0.2, 0.25) is 5.02 Å². The fraction of sp³-hybridized carbons (Fsp3) is 0.471. The Morgan fingerprint density at radius 3 is 2.67 bits per heavy atom. The zero-order chi connectivity index (χ0) is 17.4. The lowest BCUT2D eigenvalue weighted by Crippen LogP contribution is -2.52. The van der Waals surface area contributed by atoms with Gasteiger partial charge in [0.15, 0.2) is 5.11 Å². The van der Waals surface area contributed by atoms with Crippen LogP contribution in [-0.4, -0.2) is 53.5 Å². The quantitative estimate of drug-likeness (QED) is 0.812. The van der Waals surface area contributed by atoms with Gasteiger partial charge < -0.3 is 10.2 Å². The molecule has 0 atom stereocenters. The number of piperazine rings is 1. The lowest BCUT2D eigenvalue weighted by molar-refractivity contribution is -0.119. The van der Waals surface area contributed by atoms with Crippen molar-refractivity contribution in [3.8, 4) is 6.07 Å². The Morgan fingerprint density at radius 1 is 1.29 bits per heavy atom. The number of amides is 1. The summed E-state index contributed by atoms with van der Waals surface area (Å²) in [6.07, 6.45) is 1.49. The number of carbonyl (C=O) groups is 1. The van der Waals surface area contributed by atoms with E-state index in [0.717, 1.165) is 38.3 Å². The van der Waals surface area contributed by atoms with Crippen molar-refractivity contribution in [2.75, 3.05) is 32.7 Å². The smallest absolute Gasteiger partial charge is 0.226 e. The third-order valence-electron chi connectivity index (χ3n) is 4.02. The molecule has 0 radical (unpaired) electrons. The van der Waals surface area contributed by atoms with Gasteiger partial charge in [0.05, 0.1) is 6.07 Å². The molecule has 0 unspecified atom stereocenters. The predicted molar refractivity (Wildman–Crippen MR) is 98.8 cm³/mol. The molecule has 0 aliphatic carbocycles. The Balaban J connectivity index is 1.71. The van der Waals surface area contributed by atoms with Crippen molar-refractivity contribution >= 4 is 34.8 Å². The highest BCUT2D eigenvalue weighted by atomic mass is 35.5. The van der Waals surface area contributed by atoms with Crippen molar-refractivity contribution in [3.05, 3.63) is 34.9 Å². The van der Waals surface area contributed by atoms with Gasteiger partial charge in [-0.15, -0.1) is 0 Å². The maximum absolute atomic E-state index is 12.1. The molecule has 1 heterocycles. The first-order valence-electron chi connectivity index (χ1n) is 8.01. The molecule has 0 spiro atoms. The monoisotopic (exact) mass is 364 g/mol. The average molecular weight is 365 g/mol. The fourth-order valence-electron chi connectivity index (χ4n) is 2.59. The number of hydrogen-bond acceptors (Lipinski definition) is 4. The first-order chi connectivity index (χ1) is 11.6. The van der Waals surface area contributed by atoms with E-state index in [1.54, 1.807) is 0 Å². The normalized spacial score (nSPS) is 14.9. The summed E-state index contributed by atoms with van der Waals surface area (Å²) in [4.78, 5) is 16.3. The Labute approximate surface area is 153 Å². The number of carbonyl (C=O) groups excluding carboxylic acids is 1. The first-order valence-corrected chi connectivity index (χ1v) is 8.80. The van der Waals surface area contributed by atoms with Gasteiger partial charge in [-0.05, 0) is 30.3 Å². The van der Waals surface area contributed by atoms with Crippen molar-refractivity contribution in [3.63, 3.8) is 0 Å². The number of benzene rings is 1. The predicted octanol–water partition coefficient (Wildman–Crippen LogP) is 2.20. The van der Waals surface area contributed by atoms with Gasteiger partial charge in [-0.3, -0.25) is 9.69 Å². The minimum absolute atomic E-state index is 0.0909. The molecule has 1 aliphatic rings. The van der Waals surface area contributed by atoms with Gasteiger partial charge in [-0.25, -0.2) is 0 Å². The number of nitrogens with zero attached hydrogens (tertiary/aromatic N) is 3. The van der Waals surface area contributed by atoms with Gasteiger partial charge in [0, 0.05) is 50.6 Å². The van der Waals surface area contributed by atoms with E-state index in [1.807, 2.05) is 29.2 Å². The number of hydrogen-bond donors (Lipinski definition) is 1. The number of nitrogens with one attached hydrogen (secondary N) is 1. The van der Waals surface area contributed by atoms with Gasteiger partial charge in [0.2, 0.25) is 5.91 Å². The highest BCUT2D eigenvalue weighted by Gasteiger charge is 2.19. The molecule has 24 heavy (non-hydrogen) atoms. The summed E-state index contributed by atoms with van der Waals surface area (Å²) in [6, 6.07) is 9.69. The Hall–Kier alpha value is -1.68. The number of rotatable bonds is 5. The molecule has 2 rings (SSSR count). The second-order valence-corrected chi connectivity index (χ2v) is 6.48. The summed E-state index contributed by atoms with van der Waals surface area (Å²) in [5.41, 5.74) is 0.964. The summed E-state index contributed by atoms with van der Waals surface area (Å²) in [5.74, 6) is -0.0909. The summed E-state index contributed by atoms with van der Waals surface area (Å²) < 4.78 is 0. The molecule has 1 aromatic carbocycles.